The van der Waals surface area contributed by atoms with Crippen molar-refractivity contribution in [2.75, 3.05) is 11.1 Å². The molecule has 0 spiro atoms. The fourth-order valence-corrected chi connectivity index (χ4v) is 2.08. The Morgan fingerprint density at radius 1 is 1.11 bits per heavy atom. The van der Waals surface area contributed by atoms with E-state index < -0.39 is 0 Å². The molecule has 0 atom stereocenters. The van der Waals surface area contributed by atoms with Crippen LogP contribution in [0, 0.1) is 0 Å². The van der Waals surface area contributed by atoms with Crippen molar-refractivity contribution in [3.63, 3.8) is 0 Å². The third-order valence-corrected chi connectivity index (χ3v) is 3.06. The molecule has 0 aliphatic heterocycles. The fraction of sp³-hybridized carbons (Fsp3) is 0.200. The van der Waals surface area contributed by atoms with E-state index >= 15 is 0 Å². The lowest BCUT2D eigenvalue weighted by atomic mass is 10.1. The largest absolute Gasteiger partial charge is 0.397 e. The zero-order valence-electron chi connectivity index (χ0n) is 10.4. The highest BCUT2D eigenvalue weighted by Crippen LogP contribution is 2.28. The van der Waals surface area contributed by atoms with Crippen molar-refractivity contribution in [1.29, 1.82) is 0 Å². The van der Waals surface area contributed by atoms with Crippen LogP contribution in [-0.2, 0) is 6.42 Å². The standard InChI is InChI=1S/C15H17ClN2/c1-2-5-11-6-3-4-7-14(11)18-15-10-12(16)8-9-13(15)17/h3-4,6-10,18H,2,5,17H2,1H3. The van der Waals surface area contributed by atoms with E-state index in [2.05, 4.69) is 30.4 Å². The number of hydrogen-bond donors (Lipinski definition) is 2. The van der Waals surface area contributed by atoms with Crippen LogP contribution in [0.15, 0.2) is 42.5 Å². The van der Waals surface area contributed by atoms with Crippen molar-refractivity contribution >= 4 is 28.7 Å². The summed E-state index contributed by atoms with van der Waals surface area (Å²) in [4.78, 5) is 0. The van der Waals surface area contributed by atoms with Gasteiger partial charge in [0, 0.05) is 10.7 Å². The second-order valence-corrected chi connectivity index (χ2v) is 4.70. The minimum absolute atomic E-state index is 0.680. The highest BCUT2D eigenvalue weighted by atomic mass is 35.5. The highest BCUT2D eigenvalue weighted by Gasteiger charge is 2.04. The van der Waals surface area contributed by atoms with Crippen molar-refractivity contribution in [2.24, 2.45) is 0 Å². The van der Waals surface area contributed by atoms with Gasteiger partial charge in [-0.05, 0) is 36.2 Å². The van der Waals surface area contributed by atoms with E-state index in [1.165, 1.54) is 5.56 Å². The van der Waals surface area contributed by atoms with E-state index in [1.54, 1.807) is 6.07 Å². The summed E-state index contributed by atoms with van der Waals surface area (Å²) < 4.78 is 0. The van der Waals surface area contributed by atoms with Gasteiger partial charge in [-0.25, -0.2) is 0 Å². The molecule has 0 bridgehead atoms. The smallest absolute Gasteiger partial charge is 0.0632 e. The van der Waals surface area contributed by atoms with Gasteiger partial charge in [0.05, 0.1) is 11.4 Å². The van der Waals surface area contributed by atoms with Crippen molar-refractivity contribution < 1.29 is 0 Å². The fourth-order valence-electron chi connectivity index (χ4n) is 1.91. The van der Waals surface area contributed by atoms with E-state index in [0.29, 0.717) is 10.7 Å². The molecule has 0 heterocycles. The molecule has 0 saturated heterocycles. The molecule has 3 N–H and O–H groups in total. The molecule has 2 aromatic rings. The summed E-state index contributed by atoms with van der Waals surface area (Å²) in [7, 11) is 0. The third kappa shape index (κ3) is 2.96. The van der Waals surface area contributed by atoms with Crippen LogP contribution in [0.4, 0.5) is 17.1 Å². The predicted octanol–water partition coefficient (Wildman–Crippen LogP) is 4.62. The molecule has 0 radical (unpaired) electrons. The first-order chi connectivity index (χ1) is 8.70. The van der Waals surface area contributed by atoms with Crippen LogP contribution in [0.3, 0.4) is 0 Å². The highest BCUT2D eigenvalue weighted by molar-refractivity contribution is 6.31. The number of para-hydroxylation sites is 1. The second kappa shape index (κ2) is 5.78. The number of hydrogen-bond acceptors (Lipinski definition) is 2. The Morgan fingerprint density at radius 3 is 2.67 bits per heavy atom. The summed E-state index contributed by atoms with van der Waals surface area (Å²) >= 11 is 5.99. The topological polar surface area (TPSA) is 38.0 Å². The minimum atomic E-state index is 0.680. The van der Waals surface area contributed by atoms with Crippen LogP contribution in [0.1, 0.15) is 18.9 Å². The lowest BCUT2D eigenvalue weighted by Gasteiger charge is -2.13. The van der Waals surface area contributed by atoms with Crippen LogP contribution in [0.2, 0.25) is 5.02 Å². The Balaban J connectivity index is 2.30. The maximum atomic E-state index is 5.99. The average Bonchev–Trinajstić information content (AvgIpc) is 2.36. The second-order valence-electron chi connectivity index (χ2n) is 4.26. The lowest BCUT2D eigenvalue weighted by Crippen LogP contribution is -1.99. The first-order valence-electron chi connectivity index (χ1n) is 6.10. The summed E-state index contributed by atoms with van der Waals surface area (Å²) in [6.07, 6.45) is 2.16. The van der Waals surface area contributed by atoms with Gasteiger partial charge in [0.15, 0.2) is 0 Å². The van der Waals surface area contributed by atoms with Gasteiger partial charge in [0.2, 0.25) is 0 Å². The molecular weight excluding hydrogens is 244 g/mol. The van der Waals surface area contributed by atoms with E-state index in [1.807, 2.05) is 18.2 Å². The van der Waals surface area contributed by atoms with E-state index in [0.717, 1.165) is 24.2 Å². The van der Waals surface area contributed by atoms with Crippen LogP contribution >= 0.6 is 11.6 Å². The summed E-state index contributed by atoms with van der Waals surface area (Å²) in [5.74, 6) is 0. The van der Waals surface area contributed by atoms with E-state index in [-0.39, 0.29) is 0 Å². The Hall–Kier alpha value is -1.67. The van der Waals surface area contributed by atoms with Crippen LogP contribution in [-0.4, -0.2) is 0 Å². The quantitative estimate of drug-likeness (QED) is 0.788. The minimum Gasteiger partial charge on any atom is -0.397 e. The van der Waals surface area contributed by atoms with Gasteiger partial charge in [-0.15, -0.1) is 0 Å². The third-order valence-electron chi connectivity index (χ3n) is 2.82. The van der Waals surface area contributed by atoms with Crippen molar-refractivity contribution in [2.45, 2.75) is 19.8 Å². The van der Waals surface area contributed by atoms with Crippen molar-refractivity contribution in [3.05, 3.63) is 53.1 Å². The number of nitrogen functional groups attached to an aromatic ring is 1. The summed E-state index contributed by atoms with van der Waals surface area (Å²) in [5.41, 5.74) is 9.87. The molecule has 2 nitrogen and oxygen atoms in total. The number of aryl methyl sites for hydroxylation is 1. The molecule has 2 rings (SSSR count). The molecule has 0 aromatic heterocycles. The average molecular weight is 261 g/mol. The van der Waals surface area contributed by atoms with Crippen LogP contribution in [0.25, 0.3) is 0 Å². The molecule has 0 fully saturated rings. The SMILES string of the molecule is CCCc1ccccc1Nc1cc(Cl)ccc1N. The molecule has 0 aliphatic rings. The van der Waals surface area contributed by atoms with Gasteiger partial charge < -0.3 is 11.1 Å². The van der Waals surface area contributed by atoms with Gasteiger partial charge in [0.1, 0.15) is 0 Å². The molecule has 94 valence electrons. The van der Waals surface area contributed by atoms with Crippen molar-refractivity contribution in [1.82, 2.24) is 0 Å². The van der Waals surface area contributed by atoms with Crippen LogP contribution < -0.4 is 11.1 Å². The summed E-state index contributed by atoms with van der Waals surface area (Å²) in [5, 5.41) is 4.04. The first kappa shape index (κ1) is 12.8. The summed E-state index contributed by atoms with van der Waals surface area (Å²) in [6.45, 7) is 2.17. The molecule has 0 aliphatic carbocycles. The van der Waals surface area contributed by atoms with Gasteiger partial charge >= 0.3 is 0 Å². The summed E-state index contributed by atoms with van der Waals surface area (Å²) in [6, 6.07) is 13.7. The first-order valence-corrected chi connectivity index (χ1v) is 6.48. The molecule has 0 amide bonds. The molecule has 2 aromatic carbocycles. The maximum absolute atomic E-state index is 5.99. The number of nitrogens with one attached hydrogen (secondary N) is 1. The Labute approximate surface area is 113 Å². The Morgan fingerprint density at radius 2 is 1.89 bits per heavy atom. The van der Waals surface area contributed by atoms with Crippen molar-refractivity contribution in [3.8, 4) is 0 Å². The van der Waals surface area contributed by atoms with Crippen LogP contribution in [0.5, 0.6) is 0 Å². The number of anilines is 3. The lowest BCUT2D eigenvalue weighted by molar-refractivity contribution is 0.923. The van der Waals surface area contributed by atoms with E-state index in [9.17, 15) is 0 Å². The molecule has 0 saturated carbocycles. The normalized spacial score (nSPS) is 10.3. The van der Waals surface area contributed by atoms with Gasteiger partial charge in [-0.3, -0.25) is 0 Å². The zero-order valence-corrected chi connectivity index (χ0v) is 11.2. The number of nitrogens with two attached hydrogens (primary N) is 1. The number of rotatable bonds is 4. The Kier molecular flexibility index (Phi) is 4.11. The number of benzene rings is 2. The Bertz CT molecular complexity index is 538. The van der Waals surface area contributed by atoms with Gasteiger partial charge in [-0.1, -0.05) is 43.1 Å². The van der Waals surface area contributed by atoms with Gasteiger partial charge in [-0.2, -0.15) is 0 Å². The molecule has 3 heteroatoms. The molecular formula is C15H17ClN2. The molecule has 0 unspecified atom stereocenters. The van der Waals surface area contributed by atoms with Gasteiger partial charge in [0.25, 0.3) is 0 Å². The maximum Gasteiger partial charge on any atom is 0.0632 e. The molecule has 18 heavy (non-hydrogen) atoms. The monoisotopic (exact) mass is 260 g/mol. The zero-order chi connectivity index (χ0) is 13.0. The van der Waals surface area contributed by atoms with E-state index in [4.69, 9.17) is 17.3 Å². The number of halogens is 1. The predicted molar refractivity (Wildman–Crippen MR) is 79.6 cm³/mol.